The first-order valence-electron chi connectivity index (χ1n) is 5.29. The number of hydrogen-bond acceptors (Lipinski definition) is 3. The molecular weight excluding hydrogens is 266 g/mol. The number of fused-ring (bicyclic) bond motifs is 1. The van der Waals surface area contributed by atoms with E-state index in [9.17, 15) is 0 Å². The van der Waals surface area contributed by atoms with E-state index in [1.54, 1.807) is 0 Å². The third-order valence-electron chi connectivity index (χ3n) is 3.34. The second kappa shape index (κ2) is 3.69. The van der Waals surface area contributed by atoms with Crippen LogP contribution in [0.2, 0.25) is 0 Å². The lowest BCUT2D eigenvalue weighted by Crippen LogP contribution is -2.50. The molecule has 1 aromatic heterocycles. The Morgan fingerprint density at radius 1 is 1.56 bits per heavy atom. The summed E-state index contributed by atoms with van der Waals surface area (Å²) >= 11 is 3.27. The summed E-state index contributed by atoms with van der Waals surface area (Å²) in [4.78, 5) is 4.20. The number of nitrogens with zero attached hydrogens (tertiary/aromatic N) is 2. The van der Waals surface area contributed by atoms with E-state index in [1.165, 1.54) is 5.57 Å². The summed E-state index contributed by atoms with van der Waals surface area (Å²) in [7, 11) is 0. The quantitative estimate of drug-likeness (QED) is 0.799. The van der Waals surface area contributed by atoms with Gasteiger partial charge in [0, 0.05) is 18.8 Å². The fourth-order valence-corrected chi connectivity index (χ4v) is 2.68. The van der Waals surface area contributed by atoms with Crippen LogP contribution in [0.25, 0.3) is 5.57 Å². The van der Waals surface area contributed by atoms with Gasteiger partial charge in [-0.3, -0.25) is 0 Å². The fourth-order valence-electron chi connectivity index (χ4n) is 2.37. The minimum atomic E-state index is 0.481. The molecule has 1 saturated heterocycles. The Morgan fingerprint density at radius 2 is 2.44 bits per heavy atom. The Kier molecular flexibility index (Phi) is 2.31. The first-order chi connectivity index (χ1) is 7.79. The Labute approximate surface area is 102 Å². The van der Waals surface area contributed by atoms with E-state index in [-0.39, 0.29) is 0 Å². The highest BCUT2D eigenvalue weighted by atomic mass is 79.9. The average molecular weight is 276 g/mol. The highest BCUT2D eigenvalue weighted by Gasteiger charge is 2.37. The third kappa shape index (κ3) is 1.40. The van der Waals surface area contributed by atoms with Crippen LogP contribution in [0.15, 0.2) is 22.9 Å². The number of rotatable bonds is 1. The van der Waals surface area contributed by atoms with Crippen LogP contribution in [0.3, 0.4) is 0 Å². The highest BCUT2D eigenvalue weighted by Crippen LogP contribution is 2.37. The minimum Gasteiger partial charge on any atom is -0.309 e. The normalized spacial score (nSPS) is 26.6. The van der Waals surface area contributed by atoms with E-state index in [2.05, 4.69) is 38.4 Å². The van der Waals surface area contributed by atoms with Crippen molar-refractivity contribution in [1.82, 2.24) is 10.3 Å². The molecule has 0 radical (unpaired) electrons. The second-order valence-electron chi connectivity index (χ2n) is 4.22. The predicted molar refractivity (Wildman–Crippen MR) is 64.5 cm³/mol. The van der Waals surface area contributed by atoms with Gasteiger partial charge in [-0.25, -0.2) is 4.98 Å². The summed E-state index contributed by atoms with van der Waals surface area (Å²) in [6.07, 6.45) is 5.24. The summed E-state index contributed by atoms with van der Waals surface area (Å²) in [5.74, 6) is 0.754. The first kappa shape index (κ1) is 10.0. The zero-order chi connectivity index (χ0) is 11.1. The number of aromatic nitrogens is 1. The lowest BCUT2D eigenvalue weighted by atomic mass is 9.89. The standard InChI is InChI=1S/C12H10BrN3/c13-12-8(4-14)3-9(6-16-12)10-2-1-7-5-15-11(7)10/h2-3,6-7,11,15H,1,5H2/t7-,11+/m0/s1. The van der Waals surface area contributed by atoms with E-state index in [1.807, 2.05) is 12.3 Å². The molecule has 1 aliphatic heterocycles. The predicted octanol–water partition coefficient (Wildman–Crippen LogP) is 2.09. The summed E-state index contributed by atoms with van der Waals surface area (Å²) in [5, 5.41) is 12.4. The van der Waals surface area contributed by atoms with Gasteiger partial charge >= 0.3 is 0 Å². The molecule has 3 rings (SSSR count). The molecule has 80 valence electrons. The lowest BCUT2D eigenvalue weighted by molar-refractivity contribution is 0.307. The maximum absolute atomic E-state index is 8.96. The van der Waals surface area contributed by atoms with Gasteiger partial charge in [0.25, 0.3) is 0 Å². The number of nitriles is 1. The molecule has 2 aliphatic rings. The van der Waals surface area contributed by atoms with Gasteiger partial charge in [-0.05, 0) is 45.5 Å². The molecule has 0 amide bonds. The molecule has 1 fully saturated rings. The smallest absolute Gasteiger partial charge is 0.123 e. The molecule has 4 heteroatoms. The zero-order valence-corrected chi connectivity index (χ0v) is 10.2. The summed E-state index contributed by atoms with van der Waals surface area (Å²) in [6.45, 7) is 1.11. The topological polar surface area (TPSA) is 48.7 Å². The number of nitrogens with one attached hydrogen (secondary N) is 1. The van der Waals surface area contributed by atoms with E-state index in [4.69, 9.17) is 5.26 Å². The molecule has 1 aromatic rings. The highest BCUT2D eigenvalue weighted by molar-refractivity contribution is 9.10. The summed E-state index contributed by atoms with van der Waals surface area (Å²) in [5.41, 5.74) is 2.97. The van der Waals surface area contributed by atoms with Gasteiger partial charge in [0.15, 0.2) is 0 Å². The second-order valence-corrected chi connectivity index (χ2v) is 4.97. The average Bonchev–Trinajstić information content (AvgIpc) is 2.54. The molecule has 0 aromatic carbocycles. The zero-order valence-electron chi connectivity index (χ0n) is 8.57. The molecule has 0 bridgehead atoms. The fraction of sp³-hybridized carbons (Fsp3) is 0.333. The van der Waals surface area contributed by atoms with Crippen molar-refractivity contribution in [3.8, 4) is 6.07 Å². The maximum atomic E-state index is 8.96. The number of hydrogen-bond donors (Lipinski definition) is 1. The van der Waals surface area contributed by atoms with E-state index >= 15 is 0 Å². The molecule has 2 heterocycles. The van der Waals surface area contributed by atoms with Crippen LogP contribution in [-0.2, 0) is 0 Å². The van der Waals surface area contributed by atoms with Crippen molar-refractivity contribution in [3.63, 3.8) is 0 Å². The van der Waals surface area contributed by atoms with Crippen molar-refractivity contribution in [3.05, 3.63) is 34.1 Å². The molecule has 3 nitrogen and oxygen atoms in total. The monoisotopic (exact) mass is 275 g/mol. The van der Waals surface area contributed by atoms with Crippen LogP contribution in [0, 0.1) is 17.2 Å². The van der Waals surface area contributed by atoms with Crippen molar-refractivity contribution in [1.29, 1.82) is 5.26 Å². The molecule has 0 spiro atoms. The van der Waals surface area contributed by atoms with Crippen LogP contribution in [0.5, 0.6) is 0 Å². The maximum Gasteiger partial charge on any atom is 0.123 e. The molecule has 0 unspecified atom stereocenters. The van der Waals surface area contributed by atoms with Gasteiger partial charge in [-0.15, -0.1) is 0 Å². The van der Waals surface area contributed by atoms with E-state index in [0.29, 0.717) is 16.2 Å². The van der Waals surface area contributed by atoms with Crippen molar-refractivity contribution in [2.24, 2.45) is 5.92 Å². The van der Waals surface area contributed by atoms with Gasteiger partial charge < -0.3 is 5.32 Å². The summed E-state index contributed by atoms with van der Waals surface area (Å²) in [6, 6.07) is 4.54. The Hall–Kier alpha value is -1.18. The molecule has 2 atom stereocenters. The molecule has 1 aliphatic carbocycles. The van der Waals surface area contributed by atoms with Crippen molar-refractivity contribution in [2.45, 2.75) is 12.5 Å². The van der Waals surface area contributed by atoms with E-state index in [0.717, 1.165) is 24.4 Å². The molecule has 0 saturated carbocycles. The van der Waals surface area contributed by atoms with Crippen LogP contribution in [0.4, 0.5) is 0 Å². The van der Waals surface area contributed by atoms with Gasteiger partial charge in [0.2, 0.25) is 0 Å². The SMILES string of the molecule is N#Cc1cc(C2=CC[C@H]3CN[C@@H]23)cnc1Br. The Balaban J connectivity index is 1.99. The van der Waals surface area contributed by atoms with Crippen LogP contribution >= 0.6 is 15.9 Å². The van der Waals surface area contributed by atoms with Gasteiger partial charge in [-0.2, -0.15) is 5.26 Å². The van der Waals surface area contributed by atoms with Crippen molar-refractivity contribution in [2.75, 3.05) is 6.54 Å². The van der Waals surface area contributed by atoms with Crippen LogP contribution in [-0.4, -0.2) is 17.6 Å². The van der Waals surface area contributed by atoms with Gasteiger partial charge in [0.05, 0.1) is 5.56 Å². The first-order valence-corrected chi connectivity index (χ1v) is 6.08. The third-order valence-corrected chi connectivity index (χ3v) is 3.97. The Bertz CT molecular complexity index is 515. The lowest BCUT2D eigenvalue weighted by Gasteiger charge is -2.34. The number of allylic oxidation sites excluding steroid dienone is 1. The van der Waals surface area contributed by atoms with E-state index < -0.39 is 0 Å². The van der Waals surface area contributed by atoms with Crippen molar-refractivity contribution >= 4 is 21.5 Å². The van der Waals surface area contributed by atoms with Crippen molar-refractivity contribution < 1.29 is 0 Å². The number of halogens is 1. The molecule has 16 heavy (non-hydrogen) atoms. The Morgan fingerprint density at radius 3 is 3.06 bits per heavy atom. The molecular formula is C12H10BrN3. The van der Waals surface area contributed by atoms with Gasteiger partial charge in [-0.1, -0.05) is 6.08 Å². The van der Waals surface area contributed by atoms with Crippen LogP contribution < -0.4 is 5.32 Å². The van der Waals surface area contributed by atoms with Crippen LogP contribution in [0.1, 0.15) is 17.5 Å². The number of pyridine rings is 1. The largest absolute Gasteiger partial charge is 0.309 e. The minimum absolute atomic E-state index is 0.481. The molecule has 1 N–H and O–H groups in total. The summed E-state index contributed by atoms with van der Waals surface area (Å²) < 4.78 is 0.621. The van der Waals surface area contributed by atoms with Gasteiger partial charge in [0.1, 0.15) is 10.7 Å².